The number of esters is 1. The molecule has 0 atom stereocenters. The molecule has 0 aromatic rings. The quantitative estimate of drug-likeness (QED) is 0.174. The highest BCUT2D eigenvalue weighted by molar-refractivity contribution is 5.70. The fourth-order valence-corrected chi connectivity index (χ4v) is 4.02. The van der Waals surface area contributed by atoms with Gasteiger partial charge in [0.15, 0.2) is 5.60 Å². The predicted molar refractivity (Wildman–Crippen MR) is 119 cm³/mol. The molecule has 0 aromatic heterocycles. The van der Waals surface area contributed by atoms with Gasteiger partial charge in [-0.15, -0.1) is 6.42 Å². The van der Waals surface area contributed by atoms with Crippen LogP contribution in [0.4, 0.5) is 0 Å². The van der Waals surface area contributed by atoms with Crippen molar-refractivity contribution in [1.29, 1.82) is 0 Å². The van der Waals surface area contributed by atoms with Gasteiger partial charge in [0.1, 0.15) is 0 Å². The summed E-state index contributed by atoms with van der Waals surface area (Å²) < 4.78 is 5.63. The Kier molecular flexibility index (Phi) is 15.1. The second-order valence-corrected chi connectivity index (χ2v) is 8.56. The molecule has 0 radical (unpaired) electrons. The van der Waals surface area contributed by atoms with Crippen LogP contribution in [0.2, 0.25) is 0 Å². The highest BCUT2D eigenvalue weighted by Gasteiger charge is 2.33. The Morgan fingerprint density at radius 2 is 1.25 bits per heavy atom. The second kappa shape index (κ2) is 16.9. The summed E-state index contributed by atoms with van der Waals surface area (Å²) in [5.41, 5.74) is -0.655. The van der Waals surface area contributed by atoms with E-state index in [0.717, 1.165) is 38.8 Å². The number of nitrogens with one attached hydrogen (secondary N) is 1. The molecule has 1 saturated heterocycles. The minimum atomic E-state index is -0.655. The van der Waals surface area contributed by atoms with Crippen LogP contribution in [-0.4, -0.2) is 24.7 Å². The summed E-state index contributed by atoms with van der Waals surface area (Å²) in [5.74, 6) is 2.60. The van der Waals surface area contributed by atoms with E-state index in [1.807, 2.05) is 0 Å². The maximum atomic E-state index is 12.1. The lowest BCUT2D eigenvalue weighted by Gasteiger charge is -2.32. The third kappa shape index (κ3) is 12.4. The van der Waals surface area contributed by atoms with Crippen molar-refractivity contribution in [2.45, 2.75) is 128 Å². The number of hydrogen-bond donors (Lipinski definition) is 1. The molecule has 3 nitrogen and oxygen atoms in total. The minimum absolute atomic E-state index is 0.116. The van der Waals surface area contributed by atoms with Crippen molar-refractivity contribution in [3.05, 3.63) is 0 Å². The van der Waals surface area contributed by atoms with Gasteiger partial charge in [-0.1, -0.05) is 103 Å². The van der Waals surface area contributed by atoms with E-state index >= 15 is 0 Å². The van der Waals surface area contributed by atoms with Crippen LogP contribution in [0, 0.1) is 12.3 Å². The first-order valence-electron chi connectivity index (χ1n) is 12.1. The molecule has 0 spiro atoms. The average Bonchev–Trinajstić information content (AvgIpc) is 2.71. The van der Waals surface area contributed by atoms with Gasteiger partial charge in [0, 0.05) is 19.3 Å². The van der Waals surface area contributed by atoms with E-state index in [2.05, 4.69) is 18.2 Å². The van der Waals surface area contributed by atoms with E-state index < -0.39 is 5.60 Å². The van der Waals surface area contributed by atoms with Crippen LogP contribution >= 0.6 is 0 Å². The van der Waals surface area contributed by atoms with E-state index in [0.29, 0.717) is 6.42 Å². The molecule has 0 aliphatic carbocycles. The van der Waals surface area contributed by atoms with Crippen molar-refractivity contribution >= 4 is 5.97 Å². The number of terminal acetylenes is 1. The second-order valence-electron chi connectivity index (χ2n) is 8.56. The largest absolute Gasteiger partial charge is 0.446 e. The zero-order valence-electron chi connectivity index (χ0n) is 18.5. The SMILES string of the molecule is C#CC1(OC(=O)CCCCCCCCCCCCCCCCC)CCNCC1. The van der Waals surface area contributed by atoms with Crippen molar-refractivity contribution in [1.82, 2.24) is 5.32 Å². The maximum Gasteiger partial charge on any atom is 0.307 e. The Balaban J connectivity index is 1.85. The third-order valence-electron chi connectivity index (χ3n) is 5.97. The molecule has 0 amide bonds. The number of carbonyl (C=O) groups is 1. The Hall–Kier alpha value is -1.01. The van der Waals surface area contributed by atoms with Crippen LogP contribution in [0.5, 0.6) is 0 Å². The number of carbonyl (C=O) groups excluding carboxylic acids is 1. The summed E-state index contributed by atoms with van der Waals surface area (Å²) in [6, 6.07) is 0. The van der Waals surface area contributed by atoms with E-state index in [1.54, 1.807) is 0 Å². The third-order valence-corrected chi connectivity index (χ3v) is 5.97. The molecule has 1 N–H and O–H groups in total. The summed E-state index contributed by atoms with van der Waals surface area (Å²) in [7, 11) is 0. The Bertz CT molecular complexity index is 421. The van der Waals surface area contributed by atoms with Gasteiger partial charge in [0.05, 0.1) is 0 Å². The van der Waals surface area contributed by atoms with Gasteiger partial charge >= 0.3 is 5.97 Å². The molecule has 28 heavy (non-hydrogen) atoms. The molecule has 1 aliphatic rings. The predicted octanol–water partition coefficient (Wildman–Crippen LogP) is 6.55. The van der Waals surface area contributed by atoms with Crippen LogP contribution in [0.25, 0.3) is 0 Å². The van der Waals surface area contributed by atoms with Gasteiger partial charge in [0.2, 0.25) is 0 Å². The van der Waals surface area contributed by atoms with Crippen molar-refractivity contribution in [2.24, 2.45) is 0 Å². The molecule has 0 unspecified atom stereocenters. The molecule has 1 fully saturated rings. The summed E-state index contributed by atoms with van der Waals surface area (Å²) in [6.07, 6.45) is 27.6. The molecule has 0 bridgehead atoms. The fraction of sp³-hybridized carbons (Fsp3) is 0.880. The first kappa shape index (κ1) is 25.0. The van der Waals surface area contributed by atoms with Gasteiger partial charge in [0.25, 0.3) is 0 Å². The van der Waals surface area contributed by atoms with Gasteiger partial charge in [-0.2, -0.15) is 0 Å². The van der Waals surface area contributed by atoms with Crippen molar-refractivity contribution in [2.75, 3.05) is 13.1 Å². The van der Waals surface area contributed by atoms with E-state index in [4.69, 9.17) is 11.2 Å². The van der Waals surface area contributed by atoms with E-state index in [1.165, 1.54) is 83.5 Å². The zero-order chi connectivity index (χ0) is 20.3. The summed E-state index contributed by atoms with van der Waals surface area (Å²) >= 11 is 0. The molecule has 0 aromatic carbocycles. The normalized spacial score (nSPS) is 15.9. The molecular weight excluding hydrogens is 346 g/mol. The molecule has 1 rings (SSSR count). The van der Waals surface area contributed by atoms with Gasteiger partial charge in [-0.05, 0) is 19.5 Å². The lowest BCUT2D eigenvalue weighted by Crippen LogP contribution is -2.44. The average molecular weight is 392 g/mol. The number of hydrogen-bond acceptors (Lipinski definition) is 3. The Morgan fingerprint density at radius 3 is 1.68 bits per heavy atom. The fourth-order valence-electron chi connectivity index (χ4n) is 4.02. The highest BCUT2D eigenvalue weighted by Crippen LogP contribution is 2.23. The van der Waals surface area contributed by atoms with E-state index in [9.17, 15) is 4.79 Å². The number of rotatable bonds is 17. The minimum Gasteiger partial charge on any atom is -0.446 e. The van der Waals surface area contributed by atoms with Crippen LogP contribution in [0.1, 0.15) is 122 Å². The molecule has 3 heteroatoms. The summed E-state index contributed by atoms with van der Waals surface area (Å²) in [6.45, 7) is 3.94. The van der Waals surface area contributed by atoms with E-state index in [-0.39, 0.29) is 5.97 Å². The molecule has 162 valence electrons. The monoisotopic (exact) mass is 391 g/mol. The van der Waals surface area contributed by atoms with Gasteiger partial charge in [-0.25, -0.2) is 0 Å². The molecule has 1 aliphatic heterocycles. The van der Waals surface area contributed by atoms with Gasteiger partial charge in [-0.3, -0.25) is 4.79 Å². The van der Waals surface area contributed by atoms with Crippen molar-refractivity contribution in [3.63, 3.8) is 0 Å². The van der Waals surface area contributed by atoms with Crippen molar-refractivity contribution < 1.29 is 9.53 Å². The highest BCUT2D eigenvalue weighted by atomic mass is 16.6. The molecular formula is C25H45NO2. The van der Waals surface area contributed by atoms with Crippen LogP contribution in [0.3, 0.4) is 0 Å². The Morgan fingerprint density at radius 1 is 0.821 bits per heavy atom. The van der Waals surface area contributed by atoms with Crippen molar-refractivity contribution in [3.8, 4) is 12.3 Å². The first-order valence-corrected chi connectivity index (χ1v) is 12.1. The first-order chi connectivity index (χ1) is 13.7. The number of unbranched alkanes of at least 4 members (excludes halogenated alkanes) is 14. The van der Waals surface area contributed by atoms with Crippen LogP contribution in [0.15, 0.2) is 0 Å². The smallest absolute Gasteiger partial charge is 0.307 e. The Labute approximate surface area is 174 Å². The topological polar surface area (TPSA) is 38.3 Å². The molecule has 0 saturated carbocycles. The zero-order valence-corrected chi connectivity index (χ0v) is 18.5. The maximum absolute atomic E-state index is 12.1. The van der Waals surface area contributed by atoms with Crippen LogP contribution < -0.4 is 5.32 Å². The lowest BCUT2D eigenvalue weighted by atomic mass is 9.93. The standard InChI is InChI=1S/C25H45NO2/c1-3-5-6-7-8-9-10-11-12-13-14-15-16-17-18-19-24(27)28-25(4-2)20-22-26-23-21-25/h2,26H,3,5-23H2,1H3. The lowest BCUT2D eigenvalue weighted by molar-refractivity contribution is -0.156. The van der Waals surface area contributed by atoms with Crippen LogP contribution in [-0.2, 0) is 9.53 Å². The summed E-state index contributed by atoms with van der Waals surface area (Å²) in [5, 5.41) is 3.26. The summed E-state index contributed by atoms with van der Waals surface area (Å²) in [4.78, 5) is 12.1. The number of ether oxygens (including phenoxy) is 1. The number of piperidine rings is 1. The molecule has 1 heterocycles. The van der Waals surface area contributed by atoms with Gasteiger partial charge < -0.3 is 10.1 Å².